The van der Waals surface area contributed by atoms with Gasteiger partial charge < -0.3 is 9.88 Å². The van der Waals surface area contributed by atoms with Crippen molar-refractivity contribution in [2.24, 2.45) is 7.05 Å². The van der Waals surface area contributed by atoms with Crippen LogP contribution in [0.2, 0.25) is 0 Å². The van der Waals surface area contributed by atoms with E-state index < -0.39 is 17.9 Å². The molecule has 0 unspecified atom stereocenters. The number of nitrogens with zero attached hydrogens (tertiary/aromatic N) is 3. The van der Waals surface area contributed by atoms with E-state index in [1.54, 1.807) is 24.3 Å². The summed E-state index contributed by atoms with van der Waals surface area (Å²) in [6, 6.07) is 6.47. The first-order valence-corrected chi connectivity index (χ1v) is 7.68. The van der Waals surface area contributed by atoms with Crippen LogP contribution < -0.4 is 5.32 Å². The van der Waals surface area contributed by atoms with E-state index in [4.69, 9.17) is 0 Å². The lowest BCUT2D eigenvalue weighted by Gasteiger charge is -2.09. The van der Waals surface area contributed by atoms with Gasteiger partial charge in [0.1, 0.15) is 0 Å². The molecule has 2 aromatic rings. The molecule has 0 spiro atoms. The highest BCUT2D eigenvalue weighted by Gasteiger charge is 2.37. The van der Waals surface area contributed by atoms with E-state index in [-0.39, 0.29) is 16.7 Å². The molecule has 1 heterocycles. The second-order valence-electron chi connectivity index (χ2n) is 4.80. The molecule has 0 bridgehead atoms. The molecule has 1 aromatic heterocycles. The number of amides is 1. The average molecular weight is 358 g/mol. The number of nitrogens with one attached hydrogen (secondary N) is 1. The van der Waals surface area contributed by atoms with Gasteiger partial charge in [-0.1, -0.05) is 23.9 Å². The minimum atomic E-state index is -4.61. The van der Waals surface area contributed by atoms with E-state index in [1.165, 1.54) is 14.0 Å². The molecule has 1 aromatic carbocycles. The maximum Gasteiger partial charge on any atom is 0.451 e. The van der Waals surface area contributed by atoms with Crippen LogP contribution in [-0.2, 0) is 18.0 Å². The maximum atomic E-state index is 12.6. The number of rotatable bonds is 5. The summed E-state index contributed by atoms with van der Waals surface area (Å²) in [4.78, 5) is 23.4. The first-order valence-electron chi connectivity index (χ1n) is 6.69. The molecular weight excluding hydrogens is 345 g/mol. The van der Waals surface area contributed by atoms with Crippen molar-refractivity contribution in [1.29, 1.82) is 0 Å². The Kier molecular flexibility index (Phi) is 5.27. The fraction of sp³-hybridized carbons (Fsp3) is 0.286. The summed E-state index contributed by atoms with van der Waals surface area (Å²) in [6.45, 7) is 1.37. The molecule has 0 radical (unpaired) electrons. The lowest BCUT2D eigenvalue weighted by molar-refractivity contribution is -0.147. The van der Waals surface area contributed by atoms with E-state index >= 15 is 0 Å². The maximum absolute atomic E-state index is 12.6. The van der Waals surface area contributed by atoms with Crippen LogP contribution in [-0.4, -0.2) is 32.2 Å². The number of halogens is 3. The van der Waals surface area contributed by atoms with E-state index in [0.29, 0.717) is 11.3 Å². The zero-order valence-electron chi connectivity index (χ0n) is 12.7. The monoisotopic (exact) mass is 358 g/mol. The van der Waals surface area contributed by atoms with Crippen LogP contribution in [0.15, 0.2) is 29.4 Å². The normalized spacial score (nSPS) is 11.4. The Morgan fingerprint density at radius 1 is 1.25 bits per heavy atom. The molecule has 1 amide bonds. The van der Waals surface area contributed by atoms with Gasteiger partial charge in [0, 0.05) is 12.6 Å². The van der Waals surface area contributed by atoms with Crippen molar-refractivity contribution in [2.75, 3.05) is 11.1 Å². The second-order valence-corrected chi connectivity index (χ2v) is 5.74. The van der Waals surface area contributed by atoms with Gasteiger partial charge in [-0.3, -0.25) is 9.59 Å². The summed E-state index contributed by atoms with van der Waals surface area (Å²) in [6.07, 6.45) is -4.61. The van der Waals surface area contributed by atoms with Crippen LogP contribution in [0.25, 0.3) is 0 Å². The van der Waals surface area contributed by atoms with Gasteiger partial charge >= 0.3 is 6.18 Å². The van der Waals surface area contributed by atoms with E-state index in [0.717, 1.165) is 16.3 Å². The van der Waals surface area contributed by atoms with E-state index in [1.807, 2.05) is 0 Å². The Balaban J connectivity index is 2.02. The molecule has 0 aliphatic rings. The van der Waals surface area contributed by atoms with E-state index in [9.17, 15) is 22.8 Å². The molecule has 0 aliphatic heterocycles. The highest BCUT2D eigenvalue weighted by Crippen LogP contribution is 2.29. The van der Waals surface area contributed by atoms with Gasteiger partial charge in [0.05, 0.1) is 11.4 Å². The predicted octanol–water partition coefficient (Wildman–Crippen LogP) is 2.77. The fourth-order valence-electron chi connectivity index (χ4n) is 1.90. The van der Waals surface area contributed by atoms with Gasteiger partial charge in [-0.15, -0.1) is 10.2 Å². The van der Waals surface area contributed by atoms with Crippen LogP contribution in [0.3, 0.4) is 0 Å². The van der Waals surface area contributed by atoms with Gasteiger partial charge in [0.2, 0.25) is 11.7 Å². The van der Waals surface area contributed by atoms with Crippen molar-refractivity contribution in [3.8, 4) is 0 Å². The molecule has 0 atom stereocenters. The van der Waals surface area contributed by atoms with Crippen LogP contribution in [0.1, 0.15) is 23.1 Å². The number of thioether (sulfide) groups is 1. The van der Waals surface area contributed by atoms with Crippen molar-refractivity contribution in [3.63, 3.8) is 0 Å². The summed E-state index contributed by atoms with van der Waals surface area (Å²) >= 11 is 0.818. The summed E-state index contributed by atoms with van der Waals surface area (Å²) in [5.41, 5.74) is 0.707. The molecule has 0 saturated carbocycles. The molecule has 0 saturated heterocycles. The Hall–Kier alpha value is -2.36. The fourth-order valence-corrected chi connectivity index (χ4v) is 2.61. The molecule has 10 heteroatoms. The highest BCUT2D eigenvalue weighted by atomic mass is 32.2. The Labute approximate surface area is 139 Å². The third-order valence-corrected chi connectivity index (χ3v) is 4.02. The molecule has 128 valence electrons. The number of carbonyl (C=O) groups is 2. The van der Waals surface area contributed by atoms with Gasteiger partial charge in [-0.05, 0) is 19.1 Å². The largest absolute Gasteiger partial charge is 0.451 e. The standard InChI is InChI=1S/C14H13F3N4O2S/c1-8(22)9-5-3-4-6-10(9)18-11(23)7-24-13-20-19-12(21(13)2)14(15,16)17/h3-6H,7H2,1-2H3,(H,18,23). The first kappa shape index (κ1) is 18.0. The number of ketones is 1. The lowest BCUT2D eigenvalue weighted by Crippen LogP contribution is -2.17. The number of alkyl halides is 3. The third kappa shape index (κ3) is 4.13. The third-order valence-electron chi connectivity index (χ3n) is 3.00. The molecule has 6 nitrogen and oxygen atoms in total. The summed E-state index contributed by atoms with van der Waals surface area (Å²) in [5.74, 6) is -1.98. The van der Waals surface area contributed by atoms with Crippen molar-refractivity contribution in [2.45, 2.75) is 18.3 Å². The topological polar surface area (TPSA) is 76.9 Å². The van der Waals surface area contributed by atoms with Crippen LogP contribution in [0.4, 0.5) is 18.9 Å². The Morgan fingerprint density at radius 2 is 1.92 bits per heavy atom. The summed E-state index contributed by atoms with van der Waals surface area (Å²) in [7, 11) is 1.17. The first-order chi connectivity index (χ1) is 11.2. The number of benzene rings is 1. The van der Waals surface area contributed by atoms with Crippen molar-refractivity contribution >= 4 is 29.1 Å². The minimum absolute atomic E-state index is 0.0303. The van der Waals surface area contributed by atoms with Crippen LogP contribution >= 0.6 is 11.8 Å². The number of para-hydroxylation sites is 1. The predicted molar refractivity (Wildman–Crippen MR) is 81.8 cm³/mol. The van der Waals surface area contributed by atoms with Gasteiger partial charge in [0.25, 0.3) is 0 Å². The number of carbonyl (C=O) groups excluding carboxylic acids is 2. The highest BCUT2D eigenvalue weighted by molar-refractivity contribution is 7.99. The van der Waals surface area contributed by atoms with E-state index in [2.05, 4.69) is 15.5 Å². The summed E-state index contributed by atoms with van der Waals surface area (Å²) < 4.78 is 38.7. The number of anilines is 1. The molecule has 2 rings (SSSR count). The lowest BCUT2D eigenvalue weighted by atomic mass is 10.1. The van der Waals surface area contributed by atoms with Gasteiger partial charge in [-0.2, -0.15) is 13.2 Å². The van der Waals surface area contributed by atoms with Crippen LogP contribution in [0, 0.1) is 0 Å². The number of hydrogen-bond donors (Lipinski definition) is 1. The molecular formula is C14H13F3N4O2S. The zero-order valence-corrected chi connectivity index (χ0v) is 13.5. The Morgan fingerprint density at radius 3 is 2.50 bits per heavy atom. The molecule has 0 fully saturated rings. The number of hydrogen-bond acceptors (Lipinski definition) is 5. The average Bonchev–Trinajstić information content (AvgIpc) is 2.86. The quantitative estimate of drug-likeness (QED) is 0.657. The van der Waals surface area contributed by atoms with Crippen LogP contribution in [0.5, 0.6) is 0 Å². The second kappa shape index (κ2) is 7.04. The van der Waals surface area contributed by atoms with Crippen molar-refractivity contribution in [1.82, 2.24) is 14.8 Å². The minimum Gasteiger partial charge on any atom is -0.325 e. The summed E-state index contributed by atoms with van der Waals surface area (Å²) in [5, 5.41) is 9.03. The van der Waals surface area contributed by atoms with Crippen molar-refractivity contribution in [3.05, 3.63) is 35.7 Å². The smallest absolute Gasteiger partial charge is 0.325 e. The van der Waals surface area contributed by atoms with Gasteiger partial charge in [0.15, 0.2) is 10.9 Å². The SMILES string of the molecule is CC(=O)c1ccccc1NC(=O)CSc1nnc(C(F)(F)F)n1C. The Bertz CT molecular complexity index is 774. The molecule has 24 heavy (non-hydrogen) atoms. The zero-order chi connectivity index (χ0) is 17.9. The number of aromatic nitrogens is 3. The molecule has 1 N–H and O–H groups in total. The van der Waals surface area contributed by atoms with Gasteiger partial charge in [-0.25, -0.2) is 0 Å². The number of Topliss-reactive ketones (excluding diaryl/α,β-unsaturated/α-hetero) is 1. The van der Waals surface area contributed by atoms with Crippen molar-refractivity contribution < 1.29 is 22.8 Å². The molecule has 0 aliphatic carbocycles.